The molecule has 9 heteroatoms. The second-order valence-electron chi connectivity index (χ2n) is 14.5. The van der Waals surface area contributed by atoms with Crippen LogP contribution in [0.3, 0.4) is 0 Å². The number of amides is 4. The van der Waals surface area contributed by atoms with Crippen LogP contribution in [0.25, 0.3) is 0 Å². The van der Waals surface area contributed by atoms with Crippen LogP contribution in [0.15, 0.2) is 24.3 Å². The van der Waals surface area contributed by atoms with Crippen molar-refractivity contribution in [1.82, 2.24) is 15.5 Å². The van der Waals surface area contributed by atoms with Gasteiger partial charge in [-0.1, -0.05) is 70.2 Å². The fraction of sp³-hybridized carbons (Fsp3) is 0.676. The van der Waals surface area contributed by atoms with E-state index < -0.39 is 35.7 Å². The van der Waals surface area contributed by atoms with Gasteiger partial charge in [-0.15, -0.1) is 0 Å². The van der Waals surface area contributed by atoms with Crippen LogP contribution in [0, 0.1) is 35.0 Å². The molecule has 1 saturated heterocycles. The van der Waals surface area contributed by atoms with Crippen molar-refractivity contribution in [2.45, 2.75) is 103 Å². The number of nitrogens with zero attached hydrogens (tertiary/aromatic N) is 1. The average molecular weight is 591 g/mol. The molecule has 0 aromatic heterocycles. The second kappa shape index (κ2) is 11.7. The van der Waals surface area contributed by atoms with Gasteiger partial charge in [0, 0.05) is 13.0 Å². The summed E-state index contributed by atoms with van der Waals surface area (Å²) < 4.78 is 0. The second-order valence-corrected chi connectivity index (χ2v) is 14.5. The first kappa shape index (κ1) is 29.8. The van der Waals surface area contributed by atoms with Crippen LogP contribution in [0.5, 0.6) is 0 Å². The Bertz CT molecular complexity index is 1270. The van der Waals surface area contributed by atoms with Crippen molar-refractivity contribution < 1.29 is 24.0 Å². The van der Waals surface area contributed by atoms with Gasteiger partial charge in [0.1, 0.15) is 12.1 Å². The number of ketones is 1. The number of Topliss-reactive ketones (excluding diaryl/α,β-unsaturated/α-hetero) is 1. The minimum atomic E-state index is -1.06. The summed E-state index contributed by atoms with van der Waals surface area (Å²) in [5.74, 6) is -1.96. The van der Waals surface area contributed by atoms with Crippen molar-refractivity contribution in [1.29, 1.82) is 0 Å². The van der Waals surface area contributed by atoms with Crippen LogP contribution in [0.2, 0.25) is 0 Å². The van der Waals surface area contributed by atoms with Crippen LogP contribution >= 0.6 is 0 Å². The van der Waals surface area contributed by atoms with E-state index in [-0.39, 0.29) is 40.9 Å². The molecule has 4 aliphatic carbocycles. The highest BCUT2D eigenvalue weighted by Gasteiger charge is 2.69. The van der Waals surface area contributed by atoms with E-state index in [0.29, 0.717) is 38.1 Å². The molecule has 9 nitrogen and oxygen atoms in total. The quantitative estimate of drug-likeness (QED) is 0.340. The first-order valence-corrected chi connectivity index (χ1v) is 16.3. The van der Waals surface area contributed by atoms with Crippen molar-refractivity contribution in [3.05, 3.63) is 35.4 Å². The molecule has 1 unspecified atom stereocenters. The Hall–Kier alpha value is -3.23. The minimum absolute atomic E-state index is 0.0546. The van der Waals surface area contributed by atoms with Crippen LogP contribution in [0.1, 0.15) is 82.8 Å². The smallest absolute Gasteiger partial charge is 0.287 e. The van der Waals surface area contributed by atoms with Gasteiger partial charge in [-0.05, 0) is 78.2 Å². The summed E-state index contributed by atoms with van der Waals surface area (Å²) >= 11 is 0. The maximum absolute atomic E-state index is 14.5. The van der Waals surface area contributed by atoms with Crippen molar-refractivity contribution in [2.75, 3.05) is 6.54 Å². The highest BCUT2D eigenvalue weighted by atomic mass is 16.2. The topological polar surface area (TPSA) is 139 Å². The molecule has 4 fully saturated rings. The fourth-order valence-corrected chi connectivity index (χ4v) is 8.43. The van der Waals surface area contributed by atoms with Crippen molar-refractivity contribution in [2.24, 2.45) is 40.7 Å². The highest BCUT2D eigenvalue weighted by molar-refractivity contribution is 6.37. The maximum atomic E-state index is 14.5. The first-order valence-electron chi connectivity index (χ1n) is 16.3. The van der Waals surface area contributed by atoms with Gasteiger partial charge in [0.15, 0.2) is 0 Å². The lowest BCUT2D eigenvalue weighted by molar-refractivity contribution is -0.145. The minimum Gasteiger partial charge on any atom is -0.363 e. The third-order valence-corrected chi connectivity index (χ3v) is 11.2. The van der Waals surface area contributed by atoms with Crippen LogP contribution < -0.4 is 16.4 Å². The Morgan fingerprint density at radius 3 is 2.19 bits per heavy atom. The molecule has 3 saturated carbocycles. The highest BCUT2D eigenvalue weighted by Crippen LogP contribution is 2.65. The lowest BCUT2D eigenvalue weighted by Gasteiger charge is -2.35. The number of nitrogens with one attached hydrogen (secondary N) is 2. The van der Waals surface area contributed by atoms with E-state index in [1.165, 1.54) is 17.5 Å². The molecule has 1 heterocycles. The van der Waals surface area contributed by atoms with E-state index >= 15 is 0 Å². The molecule has 4 amide bonds. The summed E-state index contributed by atoms with van der Waals surface area (Å²) in [6, 6.07) is 5.68. The molecule has 6 rings (SSSR count). The number of hydrogen-bond donors (Lipinski definition) is 3. The molecule has 4 N–H and O–H groups in total. The fourth-order valence-electron chi connectivity index (χ4n) is 8.43. The number of primary amides is 1. The Labute approximate surface area is 254 Å². The summed E-state index contributed by atoms with van der Waals surface area (Å²) in [4.78, 5) is 68.0. The lowest BCUT2D eigenvalue weighted by Crippen LogP contribution is -2.59. The Kier molecular flexibility index (Phi) is 8.11. The summed E-state index contributed by atoms with van der Waals surface area (Å²) in [5.41, 5.74) is 7.60. The molecule has 0 spiro atoms. The van der Waals surface area contributed by atoms with E-state index in [0.717, 1.165) is 38.5 Å². The summed E-state index contributed by atoms with van der Waals surface area (Å²) in [7, 11) is 0. The zero-order valence-electron chi connectivity index (χ0n) is 25.5. The normalized spacial score (nSPS) is 27.5. The predicted molar refractivity (Wildman–Crippen MR) is 160 cm³/mol. The largest absolute Gasteiger partial charge is 0.363 e. The number of carbonyl (C=O) groups is 5. The lowest BCUT2D eigenvalue weighted by atomic mass is 9.86. The molecule has 232 valence electrons. The SMILES string of the molecule is CC1(C)[C@H]2[C@@H](C(=O)NC(CC3CC3)C(=O)C(N)=O)N(C(=O)[C@@H](NC(=O)CC3CCCCC3)C3Cc4ccccc4C3)C[C@H]21. The van der Waals surface area contributed by atoms with E-state index in [1.807, 2.05) is 12.1 Å². The maximum Gasteiger partial charge on any atom is 0.287 e. The number of fused-ring (bicyclic) bond motifs is 2. The zero-order chi connectivity index (χ0) is 30.5. The molecule has 1 aromatic rings. The average Bonchev–Trinajstić information content (AvgIpc) is 3.73. The van der Waals surface area contributed by atoms with Crippen molar-refractivity contribution in [3.63, 3.8) is 0 Å². The standard InChI is InChI=1S/C34H46N4O5/c1-34(2)24-18-38(29(27(24)34)32(42)36-25(14-20-12-13-20)30(40)31(35)41)33(43)28(23-16-21-10-6-7-11-22(21)17-23)37-26(39)15-19-8-4-3-5-9-19/h6-7,10-11,19-20,23-25,27-29H,3-5,8-9,12-18H2,1-2H3,(H2,35,41)(H,36,42)(H,37,39)/t24-,25?,27-,28+,29+/m1/s1. The Balaban J connectivity index is 1.23. The van der Waals surface area contributed by atoms with Gasteiger partial charge in [0.2, 0.25) is 23.5 Å². The monoisotopic (exact) mass is 590 g/mol. The van der Waals surface area contributed by atoms with Crippen LogP contribution in [0.4, 0.5) is 0 Å². The van der Waals surface area contributed by atoms with E-state index in [4.69, 9.17) is 5.73 Å². The van der Waals surface area contributed by atoms with E-state index in [1.54, 1.807) is 4.90 Å². The number of benzene rings is 1. The summed E-state index contributed by atoms with van der Waals surface area (Å²) in [5, 5.41) is 6.00. The molecule has 1 aromatic carbocycles. The number of likely N-dealkylation sites (tertiary alicyclic amines) is 1. The summed E-state index contributed by atoms with van der Waals surface area (Å²) in [6.07, 6.45) is 9.67. The van der Waals surface area contributed by atoms with Gasteiger partial charge in [-0.3, -0.25) is 24.0 Å². The molecular formula is C34H46N4O5. The number of carbonyl (C=O) groups excluding carboxylic acids is 5. The Morgan fingerprint density at radius 2 is 1.58 bits per heavy atom. The number of piperidine rings is 1. The molecule has 43 heavy (non-hydrogen) atoms. The molecule has 0 radical (unpaired) electrons. The zero-order valence-corrected chi connectivity index (χ0v) is 25.5. The third kappa shape index (κ3) is 6.09. The van der Waals surface area contributed by atoms with Gasteiger partial charge in [-0.25, -0.2) is 0 Å². The molecular weight excluding hydrogens is 544 g/mol. The Morgan fingerprint density at radius 1 is 0.930 bits per heavy atom. The predicted octanol–water partition coefficient (Wildman–Crippen LogP) is 2.68. The number of rotatable bonds is 11. The van der Waals surface area contributed by atoms with Gasteiger partial charge >= 0.3 is 0 Å². The molecule has 0 bridgehead atoms. The third-order valence-electron chi connectivity index (χ3n) is 11.2. The van der Waals surface area contributed by atoms with Gasteiger partial charge in [-0.2, -0.15) is 0 Å². The molecule has 5 atom stereocenters. The number of nitrogens with two attached hydrogens (primary N) is 1. The van der Waals surface area contributed by atoms with Crippen LogP contribution in [-0.2, 0) is 36.8 Å². The van der Waals surface area contributed by atoms with E-state index in [2.05, 4.69) is 36.6 Å². The van der Waals surface area contributed by atoms with Crippen molar-refractivity contribution >= 4 is 29.4 Å². The first-order chi connectivity index (χ1) is 20.5. The van der Waals surface area contributed by atoms with Crippen LogP contribution in [-0.4, -0.2) is 59.0 Å². The van der Waals surface area contributed by atoms with Gasteiger partial charge in [0.25, 0.3) is 5.91 Å². The van der Waals surface area contributed by atoms with Crippen molar-refractivity contribution in [3.8, 4) is 0 Å². The summed E-state index contributed by atoms with van der Waals surface area (Å²) in [6.45, 7) is 4.65. The number of hydrogen-bond acceptors (Lipinski definition) is 5. The van der Waals surface area contributed by atoms with Gasteiger partial charge in [0.05, 0.1) is 6.04 Å². The molecule has 1 aliphatic heterocycles. The van der Waals surface area contributed by atoms with E-state index in [9.17, 15) is 24.0 Å². The molecule has 5 aliphatic rings. The van der Waals surface area contributed by atoms with Gasteiger partial charge < -0.3 is 21.3 Å².